The van der Waals surface area contributed by atoms with Crippen LogP contribution < -0.4 is 4.74 Å². The summed E-state index contributed by atoms with van der Waals surface area (Å²) in [6.45, 7) is 10.9. The molecule has 0 radical (unpaired) electrons. The Hall–Kier alpha value is -3.02. The summed E-state index contributed by atoms with van der Waals surface area (Å²) in [5, 5.41) is 0. The molecule has 6 nitrogen and oxygen atoms in total. The van der Waals surface area contributed by atoms with Crippen molar-refractivity contribution in [2.75, 3.05) is 6.61 Å². The first kappa shape index (κ1) is 21.7. The molecule has 0 bridgehead atoms. The summed E-state index contributed by atoms with van der Waals surface area (Å²) in [6, 6.07) is 6.91. The molecule has 6 heteroatoms. The zero-order valence-corrected chi connectivity index (χ0v) is 17.9. The molecule has 1 aromatic carbocycles. The largest absolute Gasteiger partial charge is 0.461 e. The molecule has 1 aromatic rings. The summed E-state index contributed by atoms with van der Waals surface area (Å²) in [7, 11) is 0. The third-order valence-electron chi connectivity index (χ3n) is 5.40. The van der Waals surface area contributed by atoms with Gasteiger partial charge < -0.3 is 9.47 Å². The highest BCUT2D eigenvalue weighted by Gasteiger charge is 2.45. The van der Waals surface area contributed by atoms with Crippen LogP contribution in [0.2, 0.25) is 0 Å². The van der Waals surface area contributed by atoms with Gasteiger partial charge in [0.1, 0.15) is 18.3 Å². The van der Waals surface area contributed by atoms with E-state index in [1.807, 2.05) is 13.8 Å². The maximum atomic E-state index is 13.2. The number of carbonyl (C=O) groups excluding carboxylic acids is 3. The molecule has 0 saturated carbocycles. The summed E-state index contributed by atoms with van der Waals surface area (Å²) in [5.41, 5.74) is 2.56. The predicted molar refractivity (Wildman–Crippen MR) is 113 cm³/mol. The van der Waals surface area contributed by atoms with Crippen LogP contribution in [0.1, 0.15) is 52.0 Å². The lowest BCUT2D eigenvalue weighted by Gasteiger charge is -2.39. The molecule has 1 aliphatic carbocycles. The van der Waals surface area contributed by atoms with E-state index in [4.69, 9.17) is 9.47 Å². The first-order chi connectivity index (χ1) is 14.1. The van der Waals surface area contributed by atoms with Gasteiger partial charge in [-0.15, -0.1) is 0 Å². The second-order valence-corrected chi connectivity index (χ2v) is 8.59. The molecule has 0 N–H and O–H groups in total. The second-order valence-electron chi connectivity index (χ2n) is 8.59. The van der Waals surface area contributed by atoms with E-state index in [2.05, 4.69) is 11.6 Å². The molecule has 0 fully saturated rings. The molecule has 30 heavy (non-hydrogen) atoms. The third kappa shape index (κ3) is 4.42. The highest BCUT2D eigenvalue weighted by Crippen LogP contribution is 2.48. The number of ether oxygens (including phenoxy) is 2. The zero-order chi connectivity index (χ0) is 22.1. The van der Waals surface area contributed by atoms with Crippen LogP contribution >= 0.6 is 0 Å². The summed E-state index contributed by atoms with van der Waals surface area (Å²) in [6.07, 6.45) is 2.58. The van der Waals surface area contributed by atoms with Crippen molar-refractivity contribution >= 4 is 23.4 Å². The number of carbonyl (C=O) groups is 3. The number of benzene rings is 1. The van der Waals surface area contributed by atoms with Gasteiger partial charge in [-0.2, -0.15) is 0 Å². The Morgan fingerprint density at radius 2 is 1.90 bits per heavy atom. The Balaban J connectivity index is 2.09. The maximum Gasteiger partial charge on any atom is 0.315 e. The summed E-state index contributed by atoms with van der Waals surface area (Å²) >= 11 is 0. The standard InChI is InChI=1S/C24H27NO5/c1-6-11-29-23(28)20-14(2)25-18-12-24(4,5)13-19(27)22(18)21(20)16-7-9-17(10-8-16)30-15(3)26/h6-10,20-21H,1,11-13H2,2-5H3/t20?,21-/m1/s1. The van der Waals surface area contributed by atoms with Gasteiger partial charge in [0.25, 0.3) is 0 Å². The van der Waals surface area contributed by atoms with Crippen molar-refractivity contribution in [2.24, 2.45) is 16.3 Å². The van der Waals surface area contributed by atoms with Gasteiger partial charge in [-0.3, -0.25) is 19.4 Å². The highest BCUT2D eigenvalue weighted by atomic mass is 16.5. The minimum atomic E-state index is -0.701. The van der Waals surface area contributed by atoms with Crippen molar-refractivity contribution in [3.05, 3.63) is 53.8 Å². The van der Waals surface area contributed by atoms with Crippen molar-refractivity contribution in [1.82, 2.24) is 0 Å². The third-order valence-corrected chi connectivity index (χ3v) is 5.40. The number of ketones is 1. The monoisotopic (exact) mass is 409 g/mol. The van der Waals surface area contributed by atoms with Crippen LogP contribution in [0, 0.1) is 11.3 Å². The average molecular weight is 409 g/mol. The quantitative estimate of drug-likeness (QED) is 0.414. The minimum absolute atomic E-state index is 0.00748. The fourth-order valence-corrected chi connectivity index (χ4v) is 4.25. The smallest absolute Gasteiger partial charge is 0.315 e. The molecule has 1 aliphatic heterocycles. The lowest BCUT2D eigenvalue weighted by molar-refractivity contribution is -0.145. The highest BCUT2D eigenvalue weighted by molar-refractivity contribution is 6.09. The molecule has 3 rings (SSSR count). The second kappa shape index (κ2) is 8.38. The molecule has 1 heterocycles. The molecule has 2 aliphatic rings. The van der Waals surface area contributed by atoms with Gasteiger partial charge in [-0.1, -0.05) is 38.6 Å². The number of aliphatic imine (C=N–C) groups is 1. The number of allylic oxidation sites excluding steroid dienone is 2. The number of Topliss-reactive ketones (excluding diaryl/α,β-unsaturated/α-hetero) is 1. The molecule has 158 valence electrons. The molecule has 0 spiro atoms. The molecule has 2 atom stereocenters. The summed E-state index contributed by atoms with van der Waals surface area (Å²) in [4.78, 5) is 42.0. The molecule has 0 aromatic heterocycles. The molecule has 1 unspecified atom stereocenters. The van der Waals surface area contributed by atoms with Crippen LogP contribution in [0.3, 0.4) is 0 Å². The number of hydrogen-bond donors (Lipinski definition) is 0. The number of esters is 2. The van der Waals surface area contributed by atoms with E-state index < -0.39 is 23.8 Å². The van der Waals surface area contributed by atoms with Crippen molar-refractivity contribution in [2.45, 2.75) is 46.5 Å². The van der Waals surface area contributed by atoms with E-state index in [-0.39, 0.29) is 17.8 Å². The average Bonchev–Trinajstić information content (AvgIpc) is 2.64. The SMILES string of the molecule is C=CCOC(=O)C1C(C)=NC2=C(C(=O)CC(C)(C)C2)[C@@H]1c1ccc(OC(C)=O)cc1. The normalized spacial score (nSPS) is 22.7. The Kier molecular flexibility index (Phi) is 6.06. The number of hydrogen-bond acceptors (Lipinski definition) is 6. The van der Waals surface area contributed by atoms with Crippen molar-refractivity contribution < 1.29 is 23.9 Å². The van der Waals surface area contributed by atoms with E-state index in [1.165, 1.54) is 13.0 Å². The summed E-state index contributed by atoms with van der Waals surface area (Å²) < 4.78 is 10.5. The van der Waals surface area contributed by atoms with E-state index >= 15 is 0 Å². The van der Waals surface area contributed by atoms with Crippen molar-refractivity contribution in [3.8, 4) is 5.75 Å². The molecule has 0 saturated heterocycles. The van der Waals surface area contributed by atoms with E-state index in [1.54, 1.807) is 31.2 Å². The van der Waals surface area contributed by atoms with Crippen LogP contribution in [0.15, 0.2) is 53.2 Å². The minimum Gasteiger partial charge on any atom is -0.461 e. The van der Waals surface area contributed by atoms with Crippen LogP contribution in [-0.2, 0) is 19.1 Å². The van der Waals surface area contributed by atoms with Gasteiger partial charge in [0.2, 0.25) is 0 Å². The van der Waals surface area contributed by atoms with Crippen molar-refractivity contribution in [1.29, 1.82) is 0 Å². The number of rotatable bonds is 5. The van der Waals surface area contributed by atoms with E-state index in [9.17, 15) is 14.4 Å². The Morgan fingerprint density at radius 3 is 2.50 bits per heavy atom. The first-order valence-electron chi connectivity index (χ1n) is 10.0. The lowest BCUT2D eigenvalue weighted by Crippen LogP contribution is -2.39. The van der Waals surface area contributed by atoms with Crippen LogP contribution in [-0.4, -0.2) is 30.0 Å². The van der Waals surface area contributed by atoms with Gasteiger partial charge in [-0.05, 0) is 36.5 Å². The first-order valence-corrected chi connectivity index (χ1v) is 10.0. The topological polar surface area (TPSA) is 82.0 Å². The summed E-state index contributed by atoms with van der Waals surface area (Å²) in [5.74, 6) is -1.63. The molecular formula is C24H27NO5. The van der Waals surface area contributed by atoms with Crippen LogP contribution in [0.25, 0.3) is 0 Å². The zero-order valence-electron chi connectivity index (χ0n) is 17.9. The van der Waals surface area contributed by atoms with E-state index in [0.717, 1.165) is 11.3 Å². The molecule has 0 amide bonds. The Morgan fingerprint density at radius 1 is 1.23 bits per heavy atom. The van der Waals surface area contributed by atoms with Crippen LogP contribution in [0.4, 0.5) is 0 Å². The fourth-order valence-electron chi connectivity index (χ4n) is 4.25. The van der Waals surface area contributed by atoms with Crippen molar-refractivity contribution in [3.63, 3.8) is 0 Å². The molecular weight excluding hydrogens is 382 g/mol. The fraction of sp³-hybridized carbons (Fsp3) is 0.417. The van der Waals surface area contributed by atoms with Gasteiger partial charge in [-0.25, -0.2) is 0 Å². The Bertz CT molecular complexity index is 952. The predicted octanol–water partition coefficient (Wildman–Crippen LogP) is 4.16. The van der Waals surface area contributed by atoms with Gasteiger partial charge in [0, 0.05) is 36.2 Å². The Labute approximate surface area is 176 Å². The van der Waals surface area contributed by atoms with Gasteiger partial charge in [0.05, 0.1) is 0 Å². The van der Waals surface area contributed by atoms with Gasteiger partial charge in [0.15, 0.2) is 5.78 Å². The van der Waals surface area contributed by atoms with Gasteiger partial charge >= 0.3 is 11.9 Å². The number of nitrogens with zero attached hydrogens (tertiary/aromatic N) is 1. The van der Waals surface area contributed by atoms with E-state index in [0.29, 0.717) is 29.9 Å². The lowest BCUT2D eigenvalue weighted by atomic mass is 9.67. The van der Waals surface area contributed by atoms with Crippen LogP contribution in [0.5, 0.6) is 5.75 Å². The maximum absolute atomic E-state index is 13.2.